The van der Waals surface area contributed by atoms with Crippen LogP contribution in [0, 0.1) is 5.41 Å². The first-order valence-electron chi connectivity index (χ1n) is 7.27. The molecule has 1 aliphatic carbocycles. The van der Waals surface area contributed by atoms with Crippen molar-refractivity contribution in [1.82, 2.24) is 10.2 Å². The maximum atomic E-state index is 11.7. The lowest BCUT2D eigenvalue weighted by atomic mass is 10.1. The van der Waals surface area contributed by atoms with Crippen LogP contribution in [-0.2, 0) is 4.79 Å². The van der Waals surface area contributed by atoms with E-state index in [1.54, 1.807) is 0 Å². The minimum absolute atomic E-state index is 0.0240. The van der Waals surface area contributed by atoms with E-state index < -0.39 is 0 Å². The van der Waals surface area contributed by atoms with Crippen molar-refractivity contribution in [2.45, 2.75) is 51.5 Å². The minimum Gasteiger partial charge on any atom is -0.396 e. The fraction of sp³-hybridized carbons (Fsp3) is 0.929. The number of nitrogens with one attached hydrogen (secondary N) is 1. The molecule has 1 atom stereocenters. The second kappa shape index (κ2) is 6.02. The molecular formula is C14H26N2O2. The van der Waals surface area contributed by atoms with Crippen LogP contribution in [0.15, 0.2) is 0 Å². The second-order valence-electron chi connectivity index (χ2n) is 6.07. The van der Waals surface area contributed by atoms with E-state index in [0.717, 1.165) is 19.3 Å². The van der Waals surface area contributed by atoms with Gasteiger partial charge in [-0.05, 0) is 52.1 Å². The summed E-state index contributed by atoms with van der Waals surface area (Å²) in [6, 6.07) is 0.519. The van der Waals surface area contributed by atoms with Crippen molar-refractivity contribution in [3.63, 3.8) is 0 Å². The maximum absolute atomic E-state index is 11.7. The number of carbonyl (C=O) groups is 1. The number of hydrogen-bond acceptors (Lipinski definition) is 3. The summed E-state index contributed by atoms with van der Waals surface area (Å²) >= 11 is 0. The van der Waals surface area contributed by atoms with Crippen LogP contribution in [0.1, 0.15) is 45.4 Å². The summed E-state index contributed by atoms with van der Waals surface area (Å²) in [5.74, 6) is 0.140. The van der Waals surface area contributed by atoms with Crippen LogP contribution < -0.4 is 5.32 Å². The van der Waals surface area contributed by atoms with Crippen LogP contribution in [-0.4, -0.2) is 48.2 Å². The zero-order valence-corrected chi connectivity index (χ0v) is 11.5. The van der Waals surface area contributed by atoms with Crippen molar-refractivity contribution < 1.29 is 9.90 Å². The predicted octanol–water partition coefficient (Wildman–Crippen LogP) is 1.14. The lowest BCUT2D eigenvalue weighted by molar-refractivity contribution is -0.121. The standard InChI is InChI=1S/C14H26N2O2/c1-12(16-8-2-3-9-16)4-5-13(18)15-10-14(11-17)6-7-14/h12,17H,2-11H2,1H3,(H,15,18)/t12-/m0/s1. The third-order valence-electron chi connectivity index (χ3n) is 4.51. The van der Waals surface area contributed by atoms with Gasteiger partial charge in [-0.2, -0.15) is 0 Å². The molecule has 4 heteroatoms. The fourth-order valence-electron chi connectivity index (χ4n) is 2.65. The number of hydrogen-bond donors (Lipinski definition) is 2. The molecule has 0 radical (unpaired) electrons. The van der Waals surface area contributed by atoms with E-state index in [1.165, 1.54) is 25.9 Å². The Morgan fingerprint density at radius 3 is 2.61 bits per heavy atom. The minimum atomic E-state index is 0.0240. The number of aliphatic hydroxyl groups excluding tert-OH is 1. The van der Waals surface area contributed by atoms with E-state index in [9.17, 15) is 9.90 Å². The zero-order valence-electron chi connectivity index (χ0n) is 11.5. The largest absolute Gasteiger partial charge is 0.396 e. The Balaban J connectivity index is 1.59. The molecule has 1 aliphatic heterocycles. The molecule has 4 nitrogen and oxygen atoms in total. The fourth-order valence-corrected chi connectivity index (χ4v) is 2.65. The molecule has 104 valence electrons. The first-order chi connectivity index (χ1) is 8.65. The lowest BCUT2D eigenvalue weighted by Gasteiger charge is -2.23. The van der Waals surface area contributed by atoms with Crippen molar-refractivity contribution in [3.8, 4) is 0 Å². The molecule has 0 aromatic heterocycles. The Morgan fingerprint density at radius 1 is 1.39 bits per heavy atom. The summed E-state index contributed by atoms with van der Waals surface area (Å²) in [4.78, 5) is 14.2. The molecule has 1 saturated heterocycles. The Hall–Kier alpha value is -0.610. The summed E-state index contributed by atoms with van der Waals surface area (Å²) in [6.45, 7) is 5.46. The van der Waals surface area contributed by atoms with Crippen molar-refractivity contribution >= 4 is 5.91 Å². The summed E-state index contributed by atoms with van der Waals surface area (Å²) in [5, 5.41) is 12.1. The van der Waals surface area contributed by atoms with Crippen LogP contribution in [0.5, 0.6) is 0 Å². The quantitative estimate of drug-likeness (QED) is 0.716. The van der Waals surface area contributed by atoms with Crippen LogP contribution in [0.2, 0.25) is 0 Å². The van der Waals surface area contributed by atoms with Crippen LogP contribution in [0.3, 0.4) is 0 Å². The monoisotopic (exact) mass is 254 g/mol. The first kappa shape index (κ1) is 13.8. The molecule has 2 rings (SSSR count). The zero-order chi connectivity index (χ0) is 13.0. The van der Waals surface area contributed by atoms with Gasteiger partial charge in [0.05, 0.1) is 6.61 Å². The maximum Gasteiger partial charge on any atom is 0.220 e. The average Bonchev–Trinajstić information content (AvgIpc) is 2.96. The van der Waals surface area contributed by atoms with E-state index in [4.69, 9.17) is 0 Å². The normalized spacial score (nSPS) is 23.9. The first-order valence-corrected chi connectivity index (χ1v) is 7.27. The molecule has 1 saturated carbocycles. The van der Waals surface area contributed by atoms with Gasteiger partial charge >= 0.3 is 0 Å². The molecule has 2 fully saturated rings. The van der Waals surface area contributed by atoms with Crippen LogP contribution >= 0.6 is 0 Å². The summed E-state index contributed by atoms with van der Waals surface area (Å²) in [6.07, 6.45) is 6.25. The highest BCUT2D eigenvalue weighted by atomic mass is 16.3. The Bertz CT molecular complexity index is 284. The molecule has 0 bridgehead atoms. The van der Waals surface area contributed by atoms with Gasteiger partial charge in [-0.15, -0.1) is 0 Å². The van der Waals surface area contributed by atoms with Gasteiger partial charge in [0.15, 0.2) is 0 Å². The molecule has 1 heterocycles. The van der Waals surface area contributed by atoms with Crippen LogP contribution in [0.4, 0.5) is 0 Å². The molecular weight excluding hydrogens is 228 g/mol. The Kier molecular flexibility index (Phi) is 4.62. The highest BCUT2D eigenvalue weighted by Crippen LogP contribution is 2.44. The van der Waals surface area contributed by atoms with Crippen molar-refractivity contribution in [2.24, 2.45) is 5.41 Å². The Labute approximate surface area is 110 Å². The molecule has 2 N–H and O–H groups in total. The molecule has 18 heavy (non-hydrogen) atoms. The highest BCUT2D eigenvalue weighted by molar-refractivity contribution is 5.75. The van der Waals surface area contributed by atoms with Crippen molar-refractivity contribution in [2.75, 3.05) is 26.2 Å². The molecule has 0 aromatic carbocycles. The van der Waals surface area contributed by atoms with E-state index in [2.05, 4.69) is 17.1 Å². The van der Waals surface area contributed by atoms with Gasteiger partial charge in [0, 0.05) is 24.4 Å². The molecule has 0 unspecified atom stereocenters. The van der Waals surface area contributed by atoms with E-state index >= 15 is 0 Å². The number of rotatable bonds is 7. The third kappa shape index (κ3) is 3.69. The van der Waals surface area contributed by atoms with E-state index in [1.807, 2.05) is 0 Å². The number of aliphatic hydroxyl groups is 1. The Morgan fingerprint density at radius 2 is 2.06 bits per heavy atom. The van der Waals surface area contributed by atoms with Gasteiger partial charge in [0.1, 0.15) is 0 Å². The number of carbonyl (C=O) groups excluding carboxylic acids is 1. The topological polar surface area (TPSA) is 52.6 Å². The van der Waals surface area contributed by atoms with Gasteiger partial charge in [-0.25, -0.2) is 0 Å². The van der Waals surface area contributed by atoms with Gasteiger partial charge in [0.25, 0.3) is 0 Å². The number of likely N-dealkylation sites (tertiary alicyclic amines) is 1. The number of nitrogens with zero attached hydrogens (tertiary/aromatic N) is 1. The van der Waals surface area contributed by atoms with Crippen LogP contribution in [0.25, 0.3) is 0 Å². The van der Waals surface area contributed by atoms with Gasteiger partial charge in [0.2, 0.25) is 5.91 Å². The summed E-state index contributed by atoms with van der Waals surface area (Å²) < 4.78 is 0. The van der Waals surface area contributed by atoms with Gasteiger partial charge < -0.3 is 15.3 Å². The van der Waals surface area contributed by atoms with Crippen molar-refractivity contribution in [3.05, 3.63) is 0 Å². The lowest BCUT2D eigenvalue weighted by Crippen LogP contribution is -2.34. The predicted molar refractivity (Wildman–Crippen MR) is 71.3 cm³/mol. The van der Waals surface area contributed by atoms with Gasteiger partial charge in [-0.1, -0.05) is 0 Å². The second-order valence-corrected chi connectivity index (χ2v) is 6.07. The van der Waals surface area contributed by atoms with Gasteiger partial charge in [-0.3, -0.25) is 4.79 Å². The van der Waals surface area contributed by atoms with E-state index in [-0.39, 0.29) is 17.9 Å². The molecule has 1 amide bonds. The summed E-state index contributed by atoms with van der Waals surface area (Å²) in [5.41, 5.74) is 0.0240. The summed E-state index contributed by atoms with van der Waals surface area (Å²) in [7, 11) is 0. The smallest absolute Gasteiger partial charge is 0.220 e. The molecule has 0 spiro atoms. The van der Waals surface area contributed by atoms with E-state index in [0.29, 0.717) is 19.0 Å². The van der Waals surface area contributed by atoms with Crippen molar-refractivity contribution in [1.29, 1.82) is 0 Å². The number of amides is 1. The highest BCUT2D eigenvalue weighted by Gasteiger charge is 2.41. The molecule has 0 aromatic rings. The third-order valence-corrected chi connectivity index (χ3v) is 4.51. The molecule has 2 aliphatic rings. The average molecular weight is 254 g/mol. The SMILES string of the molecule is C[C@@H](CCC(=O)NCC1(CO)CC1)N1CCCC1.